The Morgan fingerprint density at radius 3 is 1.97 bits per heavy atom. The van der Waals surface area contributed by atoms with Crippen molar-refractivity contribution in [3.63, 3.8) is 0 Å². The molecule has 0 fully saturated rings. The van der Waals surface area contributed by atoms with E-state index in [9.17, 15) is 0 Å². The summed E-state index contributed by atoms with van der Waals surface area (Å²) in [5.41, 5.74) is 7.02. The molecule has 0 aliphatic heterocycles. The summed E-state index contributed by atoms with van der Waals surface area (Å²) in [5, 5.41) is 6.99. The molecule has 8 rings (SSSR count). The van der Waals surface area contributed by atoms with Crippen molar-refractivity contribution in [2.75, 3.05) is 0 Å². The van der Waals surface area contributed by atoms with Crippen molar-refractivity contribution in [1.82, 2.24) is 4.57 Å². The summed E-state index contributed by atoms with van der Waals surface area (Å²) in [5.74, 6) is 0. The Hall–Kier alpha value is -4.50. The van der Waals surface area contributed by atoms with E-state index in [1.807, 2.05) is 24.3 Å². The molecule has 5 aromatic carbocycles. The van der Waals surface area contributed by atoms with E-state index in [0.717, 1.165) is 55.1 Å². The summed E-state index contributed by atoms with van der Waals surface area (Å²) in [6, 6.07) is 35.9. The van der Waals surface area contributed by atoms with Gasteiger partial charge in [-0.3, -0.25) is 0 Å². The van der Waals surface area contributed by atoms with Gasteiger partial charge in [0, 0.05) is 38.7 Å². The molecule has 154 valence electrons. The van der Waals surface area contributed by atoms with Crippen LogP contribution in [0.4, 0.5) is 0 Å². The third-order valence-corrected chi connectivity index (χ3v) is 6.80. The van der Waals surface area contributed by atoms with E-state index in [4.69, 9.17) is 8.83 Å². The molecule has 0 saturated heterocycles. The number of furan rings is 2. The van der Waals surface area contributed by atoms with Gasteiger partial charge in [-0.25, -0.2) is 0 Å². The first-order valence-corrected chi connectivity index (χ1v) is 11.1. The molecule has 33 heavy (non-hydrogen) atoms. The summed E-state index contributed by atoms with van der Waals surface area (Å²) < 4.78 is 14.8. The van der Waals surface area contributed by atoms with E-state index in [2.05, 4.69) is 83.4 Å². The number of aromatic nitrogens is 1. The van der Waals surface area contributed by atoms with Gasteiger partial charge >= 0.3 is 0 Å². The van der Waals surface area contributed by atoms with Gasteiger partial charge < -0.3 is 13.4 Å². The smallest absolute Gasteiger partial charge is 0.137 e. The molecular formula is C30H17NO2. The van der Waals surface area contributed by atoms with Crippen LogP contribution in [0.15, 0.2) is 112 Å². The first-order chi connectivity index (χ1) is 16.4. The number of benzene rings is 5. The van der Waals surface area contributed by atoms with Crippen LogP contribution in [-0.2, 0) is 0 Å². The maximum absolute atomic E-state index is 6.23. The minimum atomic E-state index is 0.892. The highest BCUT2D eigenvalue weighted by molar-refractivity contribution is 6.24. The maximum atomic E-state index is 6.23. The minimum Gasteiger partial charge on any atom is -0.456 e. The highest BCUT2D eigenvalue weighted by Gasteiger charge is 2.19. The molecule has 3 nitrogen and oxygen atoms in total. The molecule has 0 radical (unpaired) electrons. The van der Waals surface area contributed by atoms with Crippen molar-refractivity contribution in [1.29, 1.82) is 0 Å². The highest BCUT2D eigenvalue weighted by atomic mass is 16.3. The van der Waals surface area contributed by atoms with Crippen LogP contribution < -0.4 is 0 Å². The van der Waals surface area contributed by atoms with Gasteiger partial charge in [-0.1, -0.05) is 54.6 Å². The van der Waals surface area contributed by atoms with E-state index in [-0.39, 0.29) is 0 Å². The fourth-order valence-electron chi connectivity index (χ4n) is 5.39. The Labute approximate surface area is 188 Å². The molecule has 0 saturated carbocycles. The average molecular weight is 423 g/mol. The molecule has 0 bridgehead atoms. The second kappa shape index (κ2) is 6.05. The summed E-state index contributed by atoms with van der Waals surface area (Å²) in [7, 11) is 0. The third-order valence-electron chi connectivity index (χ3n) is 6.80. The fourth-order valence-corrected chi connectivity index (χ4v) is 5.39. The number of fused-ring (bicyclic) bond motifs is 10. The Kier molecular flexibility index (Phi) is 3.14. The van der Waals surface area contributed by atoms with Crippen molar-refractivity contribution >= 4 is 65.7 Å². The fraction of sp³-hybridized carbons (Fsp3) is 0. The quantitative estimate of drug-likeness (QED) is 0.265. The lowest BCUT2D eigenvalue weighted by molar-refractivity contribution is 0.668. The Balaban J connectivity index is 1.58. The summed E-state index contributed by atoms with van der Waals surface area (Å²) in [6.07, 6.45) is 0. The SMILES string of the molecule is c1ccc2c(c1)oc1cc(-n3c4ccccc4c4ccc5oc6ccccc6c5c43)ccc12. The van der Waals surface area contributed by atoms with Crippen LogP contribution in [-0.4, -0.2) is 4.57 Å². The van der Waals surface area contributed by atoms with E-state index in [1.54, 1.807) is 0 Å². The van der Waals surface area contributed by atoms with E-state index in [1.165, 1.54) is 16.3 Å². The number of nitrogens with zero attached hydrogens (tertiary/aromatic N) is 1. The van der Waals surface area contributed by atoms with Gasteiger partial charge in [-0.05, 0) is 42.5 Å². The van der Waals surface area contributed by atoms with Crippen molar-refractivity contribution < 1.29 is 8.83 Å². The molecule has 8 aromatic rings. The monoisotopic (exact) mass is 423 g/mol. The molecule has 3 heteroatoms. The van der Waals surface area contributed by atoms with Gasteiger partial charge in [0.15, 0.2) is 0 Å². The van der Waals surface area contributed by atoms with Gasteiger partial charge in [-0.15, -0.1) is 0 Å². The van der Waals surface area contributed by atoms with Gasteiger partial charge in [0.25, 0.3) is 0 Å². The molecule has 0 aliphatic carbocycles. The minimum absolute atomic E-state index is 0.892. The second-order valence-electron chi connectivity index (χ2n) is 8.56. The lowest BCUT2D eigenvalue weighted by Gasteiger charge is -2.08. The Bertz CT molecular complexity index is 2030. The number of para-hydroxylation sites is 3. The topological polar surface area (TPSA) is 31.2 Å². The van der Waals surface area contributed by atoms with Crippen LogP contribution in [0.1, 0.15) is 0 Å². The lowest BCUT2D eigenvalue weighted by atomic mass is 10.1. The normalized spacial score (nSPS) is 12.2. The lowest BCUT2D eigenvalue weighted by Crippen LogP contribution is -1.93. The number of hydrogen-bond acceptors (Lipinski definition) is 2. The second-order valence-corrected chi connectivity index (χ2v) is 8.56. The molecule has 0 spiro atoms. The molecule has 0 unspecified atom stereocenters. The predicted octanol–water partition coefficient (Wildman–Crippen LogP) is 8.58. The van der Waals surface area contributed by atoms with Crippen molar-refractivity contribution in [2.24, 2.45) is 0 Å². The van der Waals surface area contributed by atoms with E-state index in [0.29, 0.717) is 0 Å². The molecule has 3 aromatic heterocycles. The van der Waals surface area contributed by atoms with Crippen LogP contribution >= 0.6 is 0 Å². The summed E-state index contributed by atoms with van der Waals surface area (Å²) in [6.45, 7) is 0. The summed E-state index contributed by atoms with van der Waals surface area (Å²) in [4.78, 5) is 0. The molecule has 0 aliphatic rings. The van der Waals surface area contributed by atoms with Gasteiger partial charge in [-0.2, -0.15) is 0 Å². The maximum Gasteiger partial charge on any atom is 0.137 e. The van der Waals surface area contributed by atoms with Gasteiger partial charge in [0.1, 0.15) is 22.3 Å². The van der Waals surface area contributed by atoms with Crippen LogP contribution in [0.25, 0.3) is 71.4 Å². The van der Waals surface area contributed by atoms with E-state index < -0.39 is 0 Å². The van der Waals surface area contributed by atoms with E-state index >= 15 is 0 Å². The first-order valence-electron chi connectivity index (χ1n) is 11.1. The van der Waals surface area contributed by atoms with Crippen molar-refractivity contribution in [3.8, 4) is 5.69 Å². The summed E-state index contributed by atoms with van der Waals surface area (Å²) >= 11 is 0. The average Bonchev–Trinajstić information content (AvgIpc) is 3.52. The molecular weight excluding hydrogens is 406 g/mol. The standard InChI is InChI=1S/C30H17NO2/c1-4-10-24-19(7-1)22-15-16-27-29(23-9-3-6-12-26(23)32-27)30(22)31(24)18-13-14-21-20-8-2-5-11-25(20)33-28(21)17-18/h1-17H. The van der Waals surface area contributed by atoms with Crippen LogP contribution in [0.5, 0.6) is 0 Å². The molecule has 0 N–H and O–H groups in total. The number of rotatable bonds is 1. The largest absolute Gasteiger partial charge is 0.456 e. The zero-order valence-corrected chi connectivity index (χ0v) is 17.6. The third kappa shape index (κ3) is 2.18. The zero-order valence-electron chi connectivity index (χ0n) is 17.6. The Morgan fingerprint density at radius 2 is 1.09 bits per heavy atom. The molecule has 3 heterocycles. The van der Waals surface area contributed by atoms with Crippen LogP contribution in [0, 0.1) is 0 Å². The highest BCUT2D eigenvalue weighted by Crippen LogP contribution is 2.41. The van der Waals surface area contributed by atoms with Crippen molar-refractivity contribution in [3.05, 3.63) is 103 Å². The number of hydrogen-bond donors (Lipinski definition) is 0. The van der Waals surface area contributed by atoms with Crippen LogP contribution in [0.3, 0.4) is 0 Å². The zero-order chi connectivity index (χ0) is 21.5. The van der Waals surface area contributed by atoms with Gasteiger partial charge in [0.2, 0.25) is 0 Å². The molecule has 0 atom stereocenters. The molecule has 0 amide bonds. The van der Waals surface area contributed by atoms with Crippen LogP contribution in [0.2, 0.25) is 0 Å². The van der Waals surface area contributed by atoms with Gasteiger partial charge in [0.05, 0.1) is 16.4 Å². The first kappa shape index (κ1) is 17.1. The van der Waals surface area contributed by atoms with Crippen molar-refractivity contribution in [2.45, 2.75) is 0 Å². The predicted molar refractivity (Wildman–Crippen MR) is 135 cm³/mol. The Morgan fingerprint density at radius 1 is 0.455 bits per heavy atom.